The smallest absolute Gasteiger partial charge is 0.274 e. The molecule has 9 nitrogen and oxygen atoms in total. The van der Waals surface area contributed by atoms with E-state index in [1.807, 2.05) is 56.0 Å². The first-order chi connectivity index (χ1) is 19.5. The molecule has 0 saturated carbocycles. The number of fused-ring (bicyclic) bond motifs is 1. The number of aromatic nitrogens is 2. The van der Waals surface area contributed by atoms with E-state index in [9.17, 15) is 18.8 Å². The molecule has 4 rings (SSSR count). The molecule has 10 heteroatoms. The van der Waals surface area contributed by atoms with Crippen LogP contribution in [0.5, 0.6) is 0 Å². The summed E-state index contributed by atoms with van der Waals surface area (Å²) >= 11 is 0. The van der Waals surface area contributed by atoms with E-state index in [2.05, 4.69) is 15.6 Å². The van der Waals surface area contributed by atoms with Crippen LogP contribution in [-0.2, 0) is 16.0 Å². The van der Waals surface area contributed by atoms with Gasteiger partial charge < -0.3 is 24.8 Å². The number of benzene rings is 1. The molecule has 1 aromatic carbocycles. The molecule has 3 amide bonds. The lowest BCUT2D eigenvalue weighted by Gasteiger charge is -2.37. The molecular formula is C31H41FN6O3. The van der Waals surface area contributed by atoms with Crippen LogP contribution in [0.2, 0.25) is 0 Å². The Morgan fingerprint density at radius 1 is 1.12 bits per heavy atom. The normalized spacial score (nSPS) is 16.9. The third kappa shape index (κ3) is 7.30. The molecular weight excluding hydrogens is 523 g/mol. The maximum atomic E-state index is 13.9. The minimum Gasteiger partial charge on any atom is -0.342 e. The van der Waals surface area contributed by atoms with E-state index in [1.165, 1.54) is 22.7 Å². The summed E-state index contributed by atoms with van der Waals surface area (Å²) in [6.45, 7) is 8.89. The van der Waals surface area contributed by atoms with Crippen LogP contribution in [0.4, 0.5) is 4.39 Å². The lowest BCUT2D eigenvalue weighted by Crippen LogP contribution is -2.59. The maximum Gasteiger partial charge on any atom is 0.274 e. The van der Waals surface area contributed by atoms with Crippen LogP contribution in [-0.4, -0.2) is 81.7 Å². The van der Waals surface area contributed by atoms with Crippen LogP contribution in [0, 0.1) is 11.2 Å². The Kier molecular flexibility index (Phi) is 9.42. The molecule has 41 heavy (non-hydrogen) atoms. The van der Waals surface area contributed by atoms with Crippen molar-refractivity contribution in [3.63, 3.8) is 0 Å². The monoisotopic (exact) mass is 564 g/mol. The van der Waals surface area contributed by atoms with E-state index >= 15 is 0 Å². The summed E-state index contributed by atoms with van der Waals surface area (Å²) in [7, 11) is 1.70. The molecule has 1 aliphatic rings. The second-order valence-electron chi connectivity index (χ2n) is 11.9. The number of carbonyl (C=O) groups is 3. The number of likely N-dealkylation sites (tertiary alicyclic amines) is 1. The number of carbonyl (C=O) groups excluding carboxylic acids is 3. The van der Waals surface area contributed by atoms with Crippen molar-refractivity contribution in [3.8, 4) is 0 Å². The van der Waals surface area contributed by atoms with Gasteiger partial charge in [-0.05, 0) is 56.3 Å². The molecule has 1 aliphatic heterocycles. The van der Waals surface area contributed by atoms with Gasteiger partial charge in [-0.25, -0.2) is 9.37 Å². The van der Waals surface area contributed by atoms with Crippen LogP contribution in [0.15, 0.2) is 54.9 Å². The van der Waals surface area contributed by atoms with E-state index in [0.29, 0.717) is 31.7 Å². The minimum absolute atomic E-state index is 0.143. The number of hydrogen-bond donors (Lipinski definition) is 2. The van der Waals surface area contributed by atoms with E-state index in [1.54, 1.807) is 25.1 Å². The van der Waals surface area contributed by atoms with Gasteiger partial charge in [0.05, 0.1) is 6.04 Å². The third-order valence-corrected chi connectivity index (χ3v) is 7.75. The average Bonchev–Trinajstić information content (AvgIpc) is 3.59. The molecule has 0 radical (unpaired) electrons. The number of amides is 3. The van der Waals surface area contributed by atoms with Crippen molar-refractivity contribution >= 4 is 23.4 Å². The lowest BCUT2D eigenvalue weighted by atomic mass is 9.85. The number of nitrogens with zero attached hydrogens (tertiary/aromatic N) is 4. The van der Waals surface area contributed by atoms with Crippen molar-refractivity contribution in [1.82, 2.24) is 29.8 Å². The van der Waals surface area contributed by atoms with E-state index < -0.39 is 23.3 Å². The summed E-state index contributed by atoms with van der Waals surface area (Å²) in [4.78, 5) is 48.5. The van der Waals surface area contributed by atoms with Crippen molar-refractivity contribution in [3.05, 3.63) is 71.9 Å². The summed E-state index contributed by atoms with van der Waals surface area (Å²) < 4.78 is 15.3. The molecule has 0 aliphatic carbocycles. The Balaban J connectivity index is 1.57. The lowest BCUT2D eigenvalue weighted by molar-refractivity contribution is -0.140. The Morgan fingerprint density at radius 3 is 2.54 bits per heavy atom. The fourth-order valence-electron chi connectivity index (χ4n) is 5.20. The quantitative estimate of drug-likeness (QED) is 0.394. The number of halogens is 1. The summed E-state index contributed by atoms with van der Waals surface area (Å²) in [5.74, 6) is -1.07. The van der Waals surface area contributed by atoms with E-state index in [-0.39, 0.29) is 29.5 Å². The number of nitrogens with one attached hydrogen (secondary N) is 2. The molecule has 2 aromatic heterocycles. The fraction of sp³-hybridized carbons (Fsp3) is 0.484. The van der Waals surface area contributed by atoms with Gasteiger partial charge in [0.1, 0.15) is 23.2 Å². The first-order valence-electron chi connectivity index (χ1n) is 14.2. The molecule has 0 bridgehead atoms. The zero-order valence-corrected chi connectivity index (χ0v) is 24.6. The second kappa shape index (κ2) is 12.8. The molecule has 3 unspecified atom stereocenters. The zero-order chi connectivity index (χ0) is 29.7. The highest BCUT2D eigenvalue weighted by Crippen LogP contribution is 2.27. The third-order valence-electron chi connectivity index (χ3n) is 7.75. The first kappa shape index (κ1) is 30.2. The Morgan fingerprint density at radius 2 is 1.85 bits per heavy atom. The number of likely N-dealkylation sites (N-methyl/N-ethyl adjacent to an activating group) is 1. The van der Waals surface area contributed by atoms with Crippen molar-refractivity contribution in [2.24, 2.45) is 5.41 Å². The molecule has 1 fully saturated rings. The highest BCUT2D eigenvalue weighted by Gasteiger charge is 2.41. The summed E-state index contributed by atoms with van der Waals surface area (Å²) in [6, 6.07) is 11.4. The molecule has 0 spiro atoms. The first-order valence-corrected chi connectivity index (χ1v) is 14.2. The van der Waals surface area contributed by atoms with Crippen LogP contribution in [0.3, 0.4) is 0 Å². The molecule has 2 N–H and O–H groups in total. The number of rotatable bonds is 10. The molecule has 3 heterocycles. The number of imidazole rings is 1. The van der Waals surface area contributed by atoms with E-state index in [0.717, 1.165) is 18.4 Å². The minimum atomic E-state index is -0.715. The summed E-state index contributed by atoms with van der Waals surface area (Å²) in [6.07, 6.45) is 5.03. The van der Waals surface area contributed by atoms with Crippen LogP contribution in [0.1, 0.15) is 56.6 Å². The van der Waals surface area contributed by atoms with Gasteiger partial charge in [-0.15, -0.1) is 0 Å². The summed E-state index contributed by atoms with van der Waals surface area (Å²) in [5, 5.41) is 5.88. The Bertz CT molecular complexity index is 1370. The highest BCUT2D eigenvalue weighted by atomic mass is 19.1. The van der Waals surface area contributed by atoms with Gasteiger partial charge in [0.2, 0.25) is 11.8 Å². The van der Waals surface area contributed by atoms with Gasteiger partial charge in [-0.1, -0.05) is 51.1 Å². The van der Waals surface area contributed by atoms with Gasteiger partial charge >= 0.3 is 0 Å². The zero-order valence-electron chi connectivity index (χ0n) is 24.6. The molecule has 3 aromatic rings. The van der Waals surface area contributed by atoms with Gasteiger partial charge in [0, 0.05) is 38.1 Å². The Hall–Kier alpha value is -3.79. The average molecular weight is 565 g/mol. The fourth-order valence-corrected chi connectivity index (χ4v) is 5.20. The predicted octanol–water partition coefficient (Wildman–Crippen LogP) is 3.29. The SMILES string of the molecule is CNC(C)C(=O)NC(C(=O)N1CCCC1CN(CCc1ccccc1)C(=O)c1cn2cc(F)ccc2n1)C(C)(C)C. The molecule has 220 valence electrons. The number of pyridine rings is 1. The highest BCUT2D eigenvalue weighted by molar-refractivity contribution is 5.93. The predicted molar refractivity (Wildman–Crippen MR) is 156 cm³/mol. The largest absolute Gasteiger partial charge is 0.342 e. The van der Waals surface area contributed by atoms with Crippen molar-refractivity contribution in [2.45, 2.75) is 65.1 Å². The van der Waals surface area contributed by atoms with E-state index in [4.69, 9.17) is 0 Å². The van der Waals surface area contributed by atoms with Crippen molar-refractivity contribution < 1.29 is 18.8 Å². The number of hydrogen-bond acceptors (Lipinski definition) is 5. The van der Waals surface area contributed by atoms with Gasteiger partial charge in [-0.3, -0.25) is 14.4 Å². The molecule has 3 atom stereocenters. The maximum absolute atomic E-state index is 13.9. The standard InChI is InChI=1S/C31H41FN6O3/c1-21(33-5)28(39)35-27(31(2,3)4)30(41)38-16-9-12-24(38)19-36(17-15-22-10-7-6-8-11-22)29(40)25-20-37-18-23(32)13-14-26(37)34-25/h6-8,10-11,13-14,18,20-21,24,27,33H,9,12,15-17,19H2,1-5H3,(H,35,39). The van der Waals surface area contributed by atoms with Crippen LogP contribution in [0.25, 0.3) is 5.65 Å². The van der Waals surface area contributed by atoms with Crippen molar-refractivity contribution in [2.75, 3.05) is 26.7 Å². The van der Waals surface area contributed by atoms with Gasteiger partial charge in [0.25, 0.3) is 5.91 Å². The second-order valence-corrected chi connectivity index (χ2v) is 11.9. The Labute approximate surface area is 241 Å². The van der Waals surface area contributed by atoms with Gasteiger partial charge in [-0.2, -0.15) is 0 Å². The van der Waals surface area contributed by atoms with Crippen molar-refractivity contribution in [1.29, 1.82) is 0 Å². The molecule has 1 saturated heterocycles. The van der Waals surface area contributed by atoms with Crippen LogP contribution >= 0.6 is 0 Å². The summed E-state index contributed by atoms with van der Waals surface area (Å²) in [5.41, 5.74) is 1.29. The van der Waals surface area contributed by atoms with Gasteiger partial charge in [0.15, 0.2) is 0 Å². The van der Waals surface area contributed by atoms with Crippen LogP contribution < -0.4 is 10.6 Å². The topological polar surface area (TPSA) is 99.0 Å².